The number of hydrogen-bond donors (Lipinski definition) is 1. The Morgan fingerprint density at radius 2 is 1.72 bits per heavy atom. The van der Waals surface area contributed by atoms with Crippen LogP contribution in [0.1, 0.15) is 72.1 Å². The van der Waals surface area contributed by atoms with Crippen LogP contribution in [0.15, 0.2) is 0 Å². The third-order valence-corrected chi connectivity index (χ3v) is 6.56. The Hall–Kier alpha value is -1.59. The number of imide groups is 1. The van der Waals surface area contributed by atoms with E-state index in [-0.39, 0.29) is 30.4 Å². The number of rotatable bonds is 3. The van der Waals surface area contributed by atoms with Crippen LogP contribution in [0, 0.1) is 5.92 Å². The number of nitrogens with one attached hydrogen (secondary N) is 1. The van der Waals surface area contributed by atoms with Crippen LogP contribution in [-0.4, -0.2) is 51.8 Å². The lowest BCUT2D eigenvalue weighted by molar-refractivity contribution is -0.143. The Kier molecular flexibility index (Phi) is 5.07. The molecule has 0 aromatic rings. The number of piperidine rings is 1. The number of carbonyl (C=O) groups excluding carboxylic acids is 3. The maximum Gasteiger partial charge on any atom is 0.325 e. The zero-order chi connectivity index (χ0) is 18.2. The smallest absolute Gasteiger partial charge is 0.325 e. The topological polar surface area (TPSA) is 69.7 Å². The van der Waals surface area contributed by atoms with E-state index < -0.39 is 11.6 Å². The summed E-state index contributed by atoms with van der Waals surface area (Å²) < 4.78 is 0. The van der Waals surface area contributed by atoms with Gasteiger partial charge in [0.2, 0.25) is 5.91 Å². The first-order valence-electron chi connectivity index (χ1n) is 9.83. The van der Waals surface area contributed by atoms with Gasteiger partial charge in [0.25, 0.3) is 5.91 Å². The van der Waals surface area contributed by atoms with Crippen LogP contribution in [0.4, 0.5) is 4.79 Å². The van der Waals surface area contributed by atoms with E-state index in [9.17, 15) is 14.4 Å². The van der Waals surface area contributed by atoms with E-state index in [1.54, 1.807) is 0 Å². The van der Waals surface area contributed by atoms with Crippen LogP contribution < -0.4 is 5.32 Å². The molecule has 3 aliphatic rings. The molecule has 2 heterocycles. The molecule has 0 aromatic heterocycles. The van der Waals surface area contributed by atoms with Crippen molar-refractivity contribution in [3.05, 3.63) is 0 Å². The van der Waals surface area contributed by atoms with Gasteiger partial charge in [-0.2, -0.15) is 0 Å². The summed E-state index contributed by atoms with van der Waals surface area (Å²) in [4.78, 5) is 41.2. The average Bonchev–Trinajstić information content (AvgIpc) is 2.80. The van der Waals surface area contributed by atoms with E-state index >= 15 is 0 Å². The van der Waals surface area contributed by atoms with E-state index in [4.69, 9.17) is 0 Å². The summed E-state index contributed by atoms with van der Waals surface area (Å²) in [7, 11) is 0. The molecule has 0 aromatic carbocycles. The minimum absolute atomic E-state index is 0.109. The Labute approximate surface area is 150 Å². The summed E-state index contributed by atoms with van der Waals surface area (Å²) in [5.41, 5.74) is -0.762. The van der Waals surface area contributed by atoms with Crippen LogP contribution >= 0.6 is 0 Å². The van der Waals surface area contributed by atoms with Gasteiger partial charge in [-0.1, -0.05) is 13.3 Å². The fraction of sp³-hybridized carbons (Fsp3) is 0.842. The van der Waals surface area contributed by atoms with E-state index in [1.165, 1.54) is 0 Å². The molecule has 0 unspecified atom stereocenters. The third kappa shape index (κ3) is 3.27. The molecule has 25 heavy (non-hydrogen) atoms. The monoisotopic (exact) mass is 349 g/mol. The summed E-state index contributed by atoms with van der Waals surface area (Å²) in [6, 6.07) is -0.0532. The van der Waals surface area contributed by atoms with Crippen molar-refractivity contribution in [3.63, 3.8) is 0 Å². The molecule has 0 radical (unpaired) electrons. The fourth-order valence-corrected chi connectivity index (χ4v) is 4.87. The predicted octanol–water partition coefficient (Wildman–Crippen LogP) is 2.67. The maximum atomic E-state index is 12.9. The van der Waals surface area contributed by atoms with Crippen LogP contribution in [0.3, 0.4) is 0 Å². The highest BCUT2D eigenvalue weighted by Gasteiger charge is 2.53. The zero-order valence-electron chi connectivity index (χ0n) is 15.7. The highest BCUT2D eigenvalue weighted by Crippen LogP contribution is 2.37. The lowest BCUT2D eigenvalue weighted by Crippen LogP contribution is -2.53. The van der Waals surface area contributed by atoms with Gasteiger partial charge in [0.15, 0.2) is 0 Å². The molecule has 3 rings (SSSR count). The minimum atomic E-state index is -0.762. The van der Waals surface area contributed by atoms with E-state index in [2.05, 4.69) is 12.2 Å². The highest BCUT2D eigenvalue weighted by atomic mass is 16.2. The van der Waals surface area contributed by atoms with Crippen LogP contribution in [-0.2, 0) is 9.59 Å². The van der Waals surface area contributed by atoms with Gasteiger partial charge >= 0.3 is 6.03 Å². The normalized spacial score (nSPS) is 36.0. The highest BCUT2D eigenvalue weighted by molar-refractivity contribution is 6.09. The van der Waals surface area contributed by atoms with Crippen molar-refractivity contribution in [3.8, 4) is 0 Å². The molecular weight excluding hydrogens is 318 g/mol. The summed E-state index contributed by atoms with van der Waals surface area (Å²) in [6.07, 6.45) is 7.52. The SMILES string of the molecule is CCC1CCC2(CC1)NC(=O)N(CC(=O)N1[C@H](C)CCC[C@H]1C)C2=O. The molecule has 3 fully saturated rings. The van der Waals surface area contributed by atoms with Crippen molar-refractivity contribution in [2.75, 3.05) is 6.54 Å². The summed E-state index contributed by atoms with van der Waals surface area (Å²) in [6.45, 7) is 6.14. The van der Waals surface area contributed by atoms with Crippen molar-refractivity contribution in [1.82, 2.24) is 15.1 Å². The van der Waals surface area contributed by atoms with Crippen LogP contribution in [0.2, 0.25) is 0 Å². The molecule has 6 heteroatoms. The van der Waals surface area contributed by atoms with Gasteiger partial charge in [0.05, 0.1) is 0 Å². The van der Waals surface area contributed by atoms with Crippen molar-refractivity contribution < 1.29 is 14.4 Å². The standard InChI is InChI=1S/C19H31N3O3/c1-4-15-8-10-19(11-9-15)17(24)21(18(25)20-19)12-16(23)22-13(2)6-5-7-14(22)3/h13-15H,4-12H2,1-3H3,(H,20,25)/t13-,14-,15?,19?/m1/s1. The van der Waals surface area contributed by atoms with Gasteiger partial charge < -0.3 is 10.2 Å². The van der Waals surface area contributed by atoms with Crippen LogP contribution in [0.25, 0.3) is 0 Å². The first-order valence-corrected chi connectivity index (χ1v) is 9.83. The van der Waals surface area contributed by atoms with Crippen molar-refractivity contribution in [2.45, 2.75) is 89.8 Å². The molecule has 140 valence electrons. The number of nitrogens with zero attached hydrogens (tertiary/aromatic N) is 2. The van der Waals surface area contributed by atoms with Gasteiger partial charge in [0.1, 0.15) is 12.1 Å². The number of carbonyl (C=O) groups is 3. The van der Waals surface area contributed by atoms with Gasteiger partial charge in [-0.15, -0.1) is 0 Å². The van der Waals surface area contributed by atoms with E-state index in [0.29, 0.717) is 18.8 Å². The van der Waals surface area contributed by atoms with Gasteiger partial charge in [-0.25, -0.2) is 4.79 Å². The fourth-order valence-electron chi connectivity index (χ4n) is 4.87. The lowest BCUT2D eigenvalue weighted by Gasteiger charge is -2.39. The molecule has 2 aliphatic heterocycles. The lowest BCUT2D eigenvalue weighted by atomic mass is 9.75. The zero-order valence-corrected chi connectivity index (χ0v) is 15.7. The quantitative estimate of drug-likeness (QED) is 0.797. The average molecular weight is 349 g/mol. The van der Waals surface area contributed by atoms with Crippen LogP contribution in [0.5, 0.6) is 0 Å². The van der Waals surface area contributed by atoms with Gasteiger partial charge in [0, 0.05) is 12.1 Å². The number of hydrogen-bond acceptors (Lipinski definition) is 3. The van der Waals surface area contributed by atoms with E-state index in [0.717, 1.165) is 43.4 Å². The predicted molar refractivity (Wildman–Crippen MR) is 94.8 cm³/mol. The molecule has 0 bridgehead atoms. The molecule has 2 saturated heterocycles. The second kappa shape index (κ2) is 6.96. The maximum absolute atomic E-state index is 12.9. The molecule has 4 amide bonds. The van der Waals surface area contributed by atoms with Gasteiger partial charge in [-0.05, 0) is 64.7 Å². The second-order valence-electron chi connectivity index (χ2n) is 8.19. The Balaban J connectivity index is 1.68. The molecule has 2 atom stereocenters. The minimum Gasteiger partial charge on any atom is -0.336 e. The first kappa shape index (κ1) is 18.2. The third-order valence-electron chi connectivity index (χ3n) is 6.56. The largest absolute Gasteiger partial charge is 0.336 e. The Bertz CT molecular complexity index is 544. The van der Waals surface area contributed by atoms with Crippen molar-refractivity contribution in [2.24, 2.45) is 5.92 Å². The molecule has 1 aliphatic carbocycles. The molecular formula is C19H31N3O3. The number of likely N-dealkylation sites (tertiary alicyclic amines) is 1. The number of urea groups is 1. The summed E-state index contributed by atoms with van der Waals surface area (Å²) in [5.74, 6) is 0.335. The first-order chi connectivity index (χ1) is 11.9. The summed E-state index contributed by atoms with van der Waals surface area (Å²) in [5, 5.41) is 2.91. The Morgan fingerprint density at radius 3 is 2.28 bits per heavy atom. The summed E-state index contributed by atoms with van der Waals surface area (Å²) >= 11 is 0. The molecule has 6 nitrogen and oxygen atoms in total. The Morgan fingerprint density at radius 1 is 1.12 bits per heavy atom. The number of amides is 4. The molecule has 1 spiro atoms. The molecule has 1 saturated carbocycles. The molecule has 1 N–H and O–H groups in total. The second-order valence-corrected chi connectivity index (χ2v) is 8.19. The van der Waals surface area contributed by atoms with Crippen molar-refractivity contribution in [1.29, 1.82) is 0 Å². The van der Waals surface area contributed by atoms with E-state index in [1.807, 2.05) is 18.7 Å². The van der Waals surface area contributed by atoms with Crippen molar-refractivity contribution >= 4 is 17.8 Å². The van der Waals surface area contributed by atoms with Gasteiger partial charge in [-0.3, -0.25) is 14.5 Å².